The van der Waals surface area contributed by atoms with Crippen molar-refractivity contribution in [1.82, 2.24) is 19.8 Å². The highest BCUT2D eigenvalue weighted by atomic mass is 16.5. The van der Waals surface area contributed by atoms with Gasteiger partial charge in [0.15, 0.2) is 0 Å². The Hall–Kier alpha value is -3.21. The lowest BCUT2D eigenvalue weighted by Gasteiger charge is -2.34. The van der Waals surface area contributed by atoms with Crippen molar-refractivity contribution in [3.05, 3.63) is 58.8 Å². The van der Waals surface area contributed by atoms with Crippen molar-refractivity contribution in [2.75, 3.05) is 38.2 Å². The average Bonchev–Trinajstić information content (AvgIpc) is 3.65. The summed E-state index contributed by atoms with van der Waals surface area (Å²) < 4.78 is 6.29. The summed E-state index contributed by atoms with van der Waals surface area (Å²) in [6, 6.07) is 17.1. The van der Waals surface area contributed by atoms with Gasteiger partial charge < -0.3 is 14.5 Å². The second kappa shape index (κ2) is 9.83. The second-order valence-corrected chi connectivity index (χ2v) is 11.6. The van der Waals surface area contributed by atoms with Crippen LogP contribution in [0.1, 0.15) is 60.5 Å². The minimum atomic E-state index is 0.349. The predicted octanol–water partition coefficient (Wildman–Crippen LogP) is 4.85. The zero-order chi connectivity index (χ0) is 25.6. The number of aromatic nitrogens is 2. The fourth-order valence-electron chi connectivity index (χ4n) is 7.24. The molecule has 4 aliphatic rings. The summed E-state index contributed by atoms with van der Waals surface area (Å²) in [6.45, 7) is 5.29. The van der Waals surface area contributed by atoms with E-state index in [2.05, 4.69) is 64.2 Å². The average molecular weight is 509 g/mol. The summed E-state index contributed by atoms with van der Waals surface area (Å²) in [7, 11) is 2.18. The molecule has 4 heterocycles. The van der Waals surface area contributed by atoms with Gasteiger partial charge in [-0.3, -0.25) is 4.90 Å². The molecular weight excluding hydrogens is 472 g/mol. The first-order valence-electron chi connectivity index (χ1n) is 14.3. The van der Waals surface area contributed by atoms with E-state index < -0.39 is 0 Å². The summed E-state index contributed by atoms with van der Waals surface area (Å²) in [5.74, 6) is 1.43. The summed E-state index contributed by atoms with van der Waals surface area (Å²) in [5, 5.41) is 12.1. The third-order valence-electron chi connectivity index (χ3n) is 9.28. The number of hydrogen-bond acceptors (Lipinski definition) is 7. The summed E-state index contributed by atoms with van der Waals surface area (Å²) >= 11 is 0. The maximum Gasteiger partial charge on any atom is 0.318 e. The fourth-order valence-corrected chi connectivity index (χ4v) is 7.24. The van der Waals surface area contributed by atoms with Crippen LogP contribution in [0.5, 0.6) is 6.01 Å². The predicted molar refractivity (Wildman–Crippen MR) is 148 cm³/mol. The number of ether oxygens (including phenoxy) is 1. The molecule has 0 N–H and O–H groups in total. The standard InChI is InChI=1S/C31H36N6O/c1-35-14-5-10-24(35)20-38-31-33-27-19-37(28-16-23-9-2-7-22-8-3-11-25(28)29(22)23)18-26(27)30(34-31)36-15-4-6-21(17-36)12-13-32/h2-3,7-9,11,21,24,28H,4-6,10,12,14-20H2,1H3/t21-,24-,28?/m0/s1. The maximum absolute atomic E-state index is 9.34. The van der Waals surface area contributed by atoms with E-state index >= 15 is 0 Å². The summed E-state index contributed by atoms with van der Waals surface area (Å²) in [4.78, 5) is 17.4. The Morgan fingerprint density at radius 3 is 2.76 bits per heavy atom. The molecule has 2 fully saturated rings. The van der Waals surface area contributed by atoms with Crippen molar-refractivity contribution >= 4 is 16.6 Å². The normalized spacial score (nSPS) is 25.2. The zero-order valence-corrected chi connectivity index (χ0v) is 22.3. The van der Waals surface area contributed by atoms with E-state index in [0.717, 1.165) is 69.9 Å². The molecule has 3 atom stereocenters. The van der Waals surface area contributed by atoms with Crippen molar-refractivity contribution in [2.24, 2.45) is 5.92 Å². The van der Waals surface area contributed by atoms with Crippen LogP contribution in [0.25, 0.3) is 10.8 Å². The van der Waals surface area contributed by atoms with Crippen LogP contribution < -0.4 is 9.64 Å². The molecule has 0 saturated carbocycles. The van der Waals surface area contributed by atoms with E-state index in [4.69, 9.17) is 14.7 Å². The van der Waals surface area contributed by atoms with E-state index in [1.807, 2.05) is 0 Å². The van der Waals surface area contributed by atoms with Gasteiger partial charge in [0.2, 0.25) is 0 Å². The molecule has 1 aromatic heterocycles. The number of rotatable bonds is 6. The van der Waals surface area contributed by atoms with Crippen LogP contribution >= 0.6 is 0 Å². The molecule has 1 aliphatic carbocycles. The minimum Gasteiger partial charge on any atom is -0.462 e. The van der Waals surface area contributed by atoms with Crippen molar-refractivity contribution in [3.8, 4) is 12.1 Å². The lowest BCUT2D eigenvalue weighted by molar-refractivity contribution is 0.186. The Balaban J connectivity index is 1.19. The quantitative estimate of drug-likeness (QED) is 0.472. The Kier molecular flexibility index (Phi) is 6.18. The molecule has 0 amide bonds. The van der Waals surface area contributed by atoms with Crippen LogP contribution in [0.15, 0.2) is 36.4 Å². The van der Waals surface area contributed by atoms with Gasteiger partial charge in [0.25, 0.3) is 0 Å². The van der Waals surface area contributed by atoms with E-state index in [1.165, 1.54) is 33.9 Å². The number of likely N-dealkylation sites (N-methyl/N-ethyl adjacent to an activating group) is 1. The monoisotopic (exact) mass is 508 g/mol. The largest absolute Gasteiger partial charge is 0.462 e. The Labute approximate surface area is 225 Å². The number of nitrogens with zero attached hydrogens (tertiary/aromatic N) is 6. The first-order chi connectivity index (χ1) is 18.7. The Morgan fingerprint density at radius 1 is 1.05 bits per heavy atom. The summed E-state index contributed by atoms with van der Waals surface area (Å²) in [5.41, 5.74) is 5.24. The molecular formula is C31H36N6O. The number of likely N-dealkylation sites (tertiary alicyclic amines) is 1. The molecule has 196 valence electrons. The van der Waals surface area contributed by atoms with E-state index in [1.54, 1.807) is 0 Å². The number of anilines is 1. The molecule has 0 radical (unpaired) electrons. The van der Waals surface area contributed by atoms with Gasteiger partial charge in [0.1, 0.15) is 12.4 Å². The van der Waals surface area contributed by atoms with E-state index in [0.29, 0.717) is 37.0 Å². The first-order valence-corrected chi connectivity index (χ1v) is 14.3. The zero-order valence-electron chi connectivity index (χ0n) is 22.3. The van der Waals surface area contributed by atoms with Crippen LogP contribution in [0, 0.1) is 17.2 Å². The van der Waals surface area contributed by atoms with Crippen molar-refractivity contribution in [1.29, 1.82) is 5.26 Å². The molecule has 1 unspecified atom stereocenters. The fraction of sp³-hybridized carbons (Fsp3) is 0.516. The number of fused-ring (bicyclic) bond motifs is 1. The van der Waals surface area contributed by atoms with E-state index in [-0.39, 0.29) is 0 Å². The molecule has 2 aromatic carbocycles. The second-order valence-electron chi connectivity index (χ2n) is 11.6. The summed E-state index contributed by atoms with van der Waals surface area (Å²) in [6.07, 6.45) is 6.25. The SMILES string of the molecule is CN1CCC[C@H]1COc1nc2c(c(N3CCC[C@@H](CC#N)C3)n1)CN(C1Cc3cccc4cccc1c34)C2. The van der Waals surface area contributed by atoms with Crippen LogP contribution in [-0.4, -0.2) is 59.1 Å². The molecule has 7 rings (SSSR count). The third kappa shape index (κ3) is 4.20. The third-order valence-corrected chi connectivity index (χ3v) is 9.28. The van der Waals surface area contributed by atoms with Gasteiger partial charge in [0.05, 0.1) is 11.8 Å². The highest BCUT2D eigenvalue weighted by Gasteiger charge is 2.37. The van der Waals surface area contributed by atoms with Crippen LogP contribution in [0.2, 0.25) is 0 Å². The highest BCUT2D eigenvalue weighted by Crippen LogP contribution is 2.44. The van der Waals surface area contributed by atoms with Crippen molar-refractivity contribution < 1.29 is 4.74 Å². The number of hydrogen-bond donors (Lipinski definition) is 0. The van der Waals surface area contributed by atoms with Crippen molar-refractivity contribution in [3.63, 3.8) is 0 Å². The maximum atomic E-state index is 9.34. The van der Waals surface area contributed by atoms with Crippen LogP contribution in [0.4, 0.5) is 5.82 Å². The van der Waals surface area contributed by atoms with Gasteiger partial charge in [-0.2, -0.15) is 15.2 Å². The molecule has 2 saturated heterocycles. The molecule has 0 spiro atoms. The van der Waals surface area contributed by atoms with Gasteiger partial charge in [-0.05, 0) is 73.5 Å². The van der Waals surface area contributed by atoms with Crippen molar-refractivity contribution in [2.45, 2.75) is 63.7 Å². The van der Waals surface area contributed by atoms with Crippen LogP contribution in [0.3, 0.4) is 0 Å². The van der Waals surface area contributed by atoms with E-state index in [9.17, 15) is 5.26 Å². The Morgan fingerprint density at radius 2 is 1.92 bits per heavy atom. The number of nitriles is 1. The van der Waals surface area contributed by atoms with Gasteiger partial charge >= 0.3 is 6.01 Å². The lowest BCUT2D eigenvalue weighted by Crippen LogP contribution is -2.37. The first kappa shape index (κ1) is 23.9. The van der Waals surface area contributed by atoms with Gasteiger partial charge in [-0.1, -0.05) is 36.4 Å². The highest BCUT2D eigenvalue weighted by molar-refractivity contribution is 5.91. The topological polar surface area (TPSA) is 68.5 Å². The minimum absolute atomic E-state index is 0.349. The van der Waals surface area contributed by atoms with Gasteiger partial charge in [0, 0.05) is 50.2 Å². The van der Waals surface area contributed by atoms with Gasteiger partial charge in [-0.15, -0.1) is 0 Å². The van der Waals surface area contributed by atoms with Crippen LogP contribution in [-0.2, 0) is 19.5 Å². The number of piperidine rings is 1. The smallest absolute Gasteiger partial charge is 0.318 e. The molecule has 3 aliphatic heterocycles. The lowest BCUT2D eigenvalue weighted by atomic mass is 9.95. The molecule has 7 nitrogen and oxygen atoms in total. The molecule has 0 bridgehead atoms. The molecule has 38 heavy (non-hydrogen) atoms. The van der Waals surface area contributed by atoms with Gasteiger partial charge in [-0.25, -0.2) is 0 Å². The Bertz CT molecular complexity index is 1390. The molecule has 3 aromatic rings. The number of benzene rings is 2. The molecule has 7 heteroatoms.